The maximum Gasteiger partial charge on any atom is 0.253 e. The minimum absolute atomic E-state index is 0.291. The molecule has 5 heteroatoms. The van der Waals surface area contributed by atoms with Crippen molar-refractivity contribution < 1.29 is 4.79 Å². The number of alkyl halides is 3. The quantitative estimate of drug-likeness (QED) is 0.604. The molecular formula is C11H12Cl3OP. The van der Waals surface area contributed by atoms with Gasteiger partial charge in [0.05, 0.1) is 0 Å². The van der Waals surface area contributed by atoms with Crippen molar-refractivity contribution in [3.05, 3.63) is 30.3 Å². The molecule has 0 spiro atoms. The van der Waals surface area contributed by atoms with Crippen LogP contribution in [0.4, 0.5) is 0 Å². The molecule has 0 aliphatic carbocycles. The van der Waals surface area contributed by atoms with Gasteiger partial charge in [0.25, 0.3) is 3.79 Å². The van der Waals surface area contributed by atoms with E-state index >= 15 is 0 Å². The molecule has 0 aliphatic rings. The Kier molecular flexibility index (Phi) is 5.53. The van der Waals surface area contributed by atoms with Crippen LogP contribution in [0, 0.1) is 0 Å². The van der Waals surface area contributed by atoms with Crippen LogP contribution in [0.1, 0.15) is 13.3 Å². The average Bonchev–Trinajstić information content (AvgIpc) is 2.25. The molecule has 1 aromatic rings. The molecule has 0 bridgehead atoms. The molecule has 16 heavy (non-hydrogen) atoms. The minimum atomic E-state index is -1.81. The van der Waals surface area contributed by atoms with E-state index < -0.39 is 11.7 Å². The van der Waals surface area contributed by atoms with Crippen LogP contribution in [0.15, 0.2) is 30.3 Å². The number of halogens is 3. The molecule has 88 valence electrons. The third-order valence-corrected chi connectivity index (χ3v) is 5.55. The van der Waals surface area contributed by atoms with Crippen LogP contribution < -0.4 is 5.30 Å². The summed E-state index contributed by atoms with van der Waals surface area (Å²) in [5.41, 5.74) is -0.291. The molecular weight excluding hydrogens is 285 g/mol. The zero-order valence-corrected chi connectivity index (χ0v) is 12.0. The third kappa shape index (κ3) is 3.89. The molecule has 0 fully saturated rings. The summed E-state index contributed by atoms with van der Waals surface area (Å²) in [6.07, 6.45) is 1.65. The molecule has 1 rings (SSSR count). The predicted octanol–water partition coefficient (Wildman–Crippen LogP) is 4.10. The Bertz CT molecular complexity index is 348. The molecule has 0 radical (unpaired) electrons. The van der Waals surface area contributed by atoms with Gasteiger partial charge in [-0.1, -0.05) is 78.5 Å². The number of carbonyl (C=O) groups excluding carboxylic acids is 1. The fourth-order valence-corrected chi connectivity index (χ4v) is 4.23. The van der Waals surface area contributed by atoms with Gasteiger partial charge in [0.15, 0.2) is 0 Å². The second-order valence-corrected chi connectivity index (χ2v) is 7.80. The van der Waals surface area contributed by atoms with Gasteiger partial charge in [-0.2, -0.15) is 0 Å². The SMILES string of the molecule is CCCP(C(=O)C(Cl)(Cl)Cl)c1ccccc1. The fourth-order valence-electron chi connectivity index (χ4n) is 1.33. The Morgan fingerprint density at radius 1 is 1.25 bits per heavy atom. The first-order chi connectivity index (χ1) is 7.46. The van der Waals surface area contributed by atoms with Gasteiger partial charge >= 0.3 is 0 Å². The Morgan fingerprint density at radius 3 is 2.25 bits per heavy atom. The summed E-state index contributed by atoms with van der Waals surface area (Å²) in [5.74, 6) is 0. The van der Waals surface area contributed by atoms with Gasteiger partial charge < -0.3 is 0 Å². The zero-order chi connectivity index (χ0) is 12.2. The highest BCUT2D eigenvalue weighted by Crippen LogP contribution is 2.45. The third-order valence-electron chi connectivity index (χ3n) is 2.00. The van der Waals surface area contributed by atoms with Crippen molar-refractivity contribution in [2.75, 3.05) is 6.16 Å². The van der Waals surface area contributed by atoms with E-state index in [0.29, 0.717) is 0 Å². The number of benzene rings is 1. The van der Waals surface area contributed by atoms with Crippen molar-refractivity contribution in [1.82, 2.24) is 0 Å². The maximum absolute atomic E-state index is 12.0. The first-order valence-corrected chi connectivity index (χ1v) is 7.56. The number of hydrogen-bond donors (Lipinski definition) is 0. The highest BCUT2D eigenvalue weighted by atomic mass is 35.6. The van der Waals surface area contributed by atoms with Crippen molar-refractivity contribution >= 4 is 53.6 Å². The lowest BCUT2D eigenvalue weighted by atomic mass is 10.4. The molecule has 1 aromatic carbocycles. The van der Waals surface area contributed by atoms with Gasteiger partial charge in [-0.25, -0.2) is 0 Å². The lowest BCUT2D eigenvalue weighted by molar-refractivity contribution is -0.110. The van der Waals surface area contributed by atoms with Gasteiger partial charge in [-0.05, 0) is 11.5 Å². The van der Waals surface area contributed by atoms with E-state index in [1.54, 1.807) is 0 Å². The van der Waals surface area contributed by atoms with Crippen molar-refractivity contribution in [2.45, 2.75) is 17.1 Å². The van der Waals surface area contributed by atoms with Crippen LogP contribution in [0.5, 0.6) is 0 Å². The van der Waals surface area contributed by atoms with Crippen LogP contribution in [0.25, 0.3) is 0 Å². The summed E-state index contributed by atoms with van der Waals surface area (Å²) < 4.78 is -1.81. The van der Waals surface area contributed by atoms with Gasteiger partial charge in [0.2, 0.25) is 5.52 Å². The van der Waals surface area contributed by atoms with E-state index in [1.165, 1.54) is 0 Å². The molecule has 1 atom stereocenters. The smallest absolute Gasteiger partial charge is 0.253 e. The summed E-state index contributed by atoms with van der Waals surface area (Å²) in [6, 6.07) is 9.52. The molecule has 0 N–H and O–H groups in total. The predicted molar refractivity (Wildman–Crippen MR) is 73.5 cm³/mol. The number of rotatable bonds is 4. The van der Waals surface area contributed by atoms with Crippen molar-refractivity contribution in [2.24, 2.45) is 0 Å². The molecule has 0 aliphatic heterocycles. The van der Waals surface area contributed by atoms with Crippen molar-refractivity contribution in [1.29, 1.82) is 0 Å². The summed E-state index contributed by atoms with van der Waals surface area (Å²) in [5, 5.41) is 0.968. The molecule has 1 nitrogen and oxygen atoms in total. The van der Waals surface area contributed by atoms with Crippen LogP contribution in [0.2, 0.25) is 0 Å². The van der Waals surface area contributed by atoms with Crippen molar-refractivity contribution in [3.63, 3.8) is 0 Å². The van der Waals surface area contributed by atoms with Crippen molar-refractivity contribution in [3.8, 4) is 0 Å². The molecule has 0 amide bonds. The largest absolute Gasteiger partial charge is 0.289 e. The second kappa shape index (κ2) is 6.21. The number of carbonyl (C=O) groups is 1. The van der Waals surface area contributed by atoms with Crippen LogP contribution >= 0.6 is 42.7 Å². The summed E-state index contributed by atoms with van der Waals surface area (Å²) in [4.78, 5) is 12.0. The summed E-state index contributed by atoms with van der Waals surface area (Å²) in [7, 11) is -1.04. The Balaban J connectivity index is 2.97. The zero-order valence-electron chi connectivity index (χ0n) is 8.79. The molecule has 1 unspecified atom stereocenters. The van der Waals surface area contributed by atoms with Crippen LogP contribution in [-0.4, -0.2) is 15.5 Å². The summed E-state index contributed by atoms with van der Waals surface area (Å²) in [6.45, 7) is 2.02. The van der Waals surface area contributed by atoms with Crippen LogP contribution in [0.3, 0.4) is 0 Å². The molecule has 0 aromatic heterocycles. The minimum Gasteiger partial charge on any atom is -0.289 e. The van der Waals surface area contributed by atoms with Crippen LogP contribution in [-0.2, 0) is 4.79 Å². The fraction of sp³-hybridized carbons (Fsp3) is 0.364. The Morgan fingerprint density at radius 2 is 1.81 bits per heavy atom. The van der Waals surface area contributed by atoms with E-state index in [-0.39, 0.29) is 5.52 Å². The van der Waals surface area contributed by atoms with Gasteiger partial charge in [0, 0.05) is 7.92 Å². The highest BCUT2D eigenvalue weighted by molar-refractivity contribution is 7.82. The van der Waals surface area contributed by atoms with E-state index in [4.69, 9.17) is 34.8 Å². The first-order valence-electron chi connectivity index (χ1n) is 4.90. The monoisotopic (exact) mass is 296 g/mol. The molecule has 0 heterocycles. The standard InChI is InChI=1S/C11H12Cl3OP/c1-2-8-16(10(15)11(12,13)14)9-6-4-3-5-7-9/h3-7H,2,8H2,1H3. The first kappa shape index (κ1) is 14.3. The van der Waals surface area contributed by atoms with Gasteiger partial charge in [-0.3, -0.25) is 4.79 Å². The van der Waals surface area contributed by atoms with E-state index in [2.05, 4.69) is 0 Å². The normalized spacial score (nSPS) is 13.5. The van der Waals surface area contributed by atoms with Gasteiger partial charge in [-0.15, -0.1) is 0 Å². The van der Waals surface area contributed by atoms with E-state index in [1.807, 2.05) is 37.3 Å². The van der Waals surface area contributed by atoms with E-state index in [9.17, 15) is 4.79 Å². The summed E-state index contributed by atoms with van der Waals surface area (Å²) >= 11 is 17.0. The lowest BCUT2D eigenvalue weighted by Crippen LogP contribution is -2.22. The number of hydrogen-bond acceptors (Lipinski definition) is 1. The lowest BCUT2D eigenvalue weighted by Gasteiger charge is -2.20. The Labute approximate surface area is 112 Å². The maximum atomic E-state index is 12.0. The molecule has 0 saturated carbocycles. The topological polar surface area (TPSA) is 17.1 Å². The molecule has 0 saturated heterocycles. The second-order valence-electron chi connectivity index (χ2n) is 3.29. The Hall–Kier alpha value is 0.190. The average molecular weight is 298 g/mol. The van der Waals surface area contributed by atoms with Gasteiger partial charge in [0.1, 0.15) is 0 Å². The highest BCUT2D eigenvalue weighted by Gasteiger charge is 2.36. The van der Waals surface area contributed by atoms with E-state index in [0.717, 1.165) is 17.9 Å².